The first-order valence-corrected chi connectivity index (χ1v) is 8.13. The first-order chi connectivity index (χ1) is 11.8. The maximum absolute atomic E-state index is 15.2. The van der Waals surface area contributed by atoms with E-state index in [-0.39, 0.29) is 34.7 Å². The van der Waals surface area contributed by atoms with E-state index in [0.717, 1.165) is 18.9 Å². The summed E-state index contributed by atoms with van der Waals surface area (Å²) in [6, 6.07) is 0.471. The van der Waals surface area contributed by atoms with Crippen LogP contribution in [0.2, 0.25) is 0 Å². The molecule has 1 aliphatic heterocycles. The van der Waals surface area contributed by atoms with E-state index in [9.17, 15) is 19.1 Å². The summed E-state index contributed by atoms with van der Waals surface area (Å²) in [5.74, 6) is -3.13. The molecule has 0 amide bonds. The van der Waals surface area contributed by atoms with Gasteiger partial charge in [-0.05, 0) is 25.8 Å². The molecule has 25 heavy (non-hydrogen) atoms. The van der Waals surface area contributed by atoms with Crippen molar-refractivity contribution >= 4 is 22.6 Å². The third-order valence-corrected chi connectivity index (χ3v) is 5.16. The summed E-state index contributed by atoms with van der Waals surface area (Å²) in [5, 5.41) is 8.97. The highest BCUT2D eigenvalue weighted by Gasteiger charge is 2.38. The second-order valence-corrected chi connectivity index (χ2v) is 6.79. The first kappa shape index (κ1) is 16.0. The second kappa shape index (κ2) is 5.26. The van der Waals surface area contributed by atoms with Crippen molar-refractivity contribution in [3.63, 3.8) is 0 Å². The van der Waals surface area contributed by atoms with Gasteiger partial charge in [0, 0.05) is 30.9 Å². The lowest BCUT2D eigenvalue weighted by Gasteiger charge is -2.46. The van der Waals surface area contributed by atoms with Crippen LogP contribution in [0.25, 0.3) is 10.9 Å². The predicted octanol–water partition coefficient (Wildman–Crippen LogP) is 1.85. The number of nitrogens with zero attached hydrogens (tertiary/aromatic N) is 2. The summed E-state index contributed by atoms with van der Waals surface area (Å²) in [4.78, 5) is 25.2. The average molecular weight is 349 g/mol. The van der Waals surface area contributed by atoms with Gasteiger partial charge in [0.15, 0.2) is 5.82 Å². The van der Waals surface area contributed by atoms with Gasteiger partial charge >= 0.3 is 5.97 Å². The van der Waals surface area contributed by atoms with Gasteiger partial charge in [-0.25, -0.2) is 13.6 Å². The van der Waals surface area contributed by atoms with Gasteiger partial charge in [0.2, 0.25) is 5.43 Å². The summed E-state index contributed by atoms with van der Waals surface area (Å²) in [5.41, 5.74) is 4.21. The zero-order valence-electron chi connectivity index (χ0n) is 13.5. The van der Waals surface area contributed by atoms with Crippen molar-refractivity contribution in [2.45, 2.75) is 37.9 Å². The lowest BCUT2D eigenvalue weighted by atomic mass is 9.97. The van der Waals surface area contributed by atoms with Crippen LogP contribution in [0.4, 0.5) is 14.5 Å². The van der Waals surface area contributed by atoms with E-state index >= 15 is 4.39 Å². The van der Waals surface area contributed by atoms with E-state index in [0.29, 0.717) is 6.54 Å². The van der Waals surface area contributed by atoms with Crippen LogP contribution >= 0.6 is 0 Å². The minimum Gasteiger partial charge on any atom is -0.477 e. The number of carbonyl (C=O) groups is 1. The molecule has 2 aliphatic rings. The molecule has 3 N–H and O–H groups in total. The van der Waals surface area contributed by atoms with Gasteiger partial charge in [0.1, 0.15) is 17.1 Å². The van der Waals surface area contributed by atoms with Gasteiger partial charge in [-0.15, -0.1) is 0 Å². The molecule has 2 atom stereocenters. The van der Waals surface area contributed by atoms with Gasteiger partial charge in [-0.3, -0.25) is 4.79 Å². The third-order valence-electron chi connectivity index (χ3n) is 5.16. The molecule has 0 radical (unpaired) electrons. The van der Waals surface area contributed by atoms with Gasteiger partial charge in [0.25, 0.3) is 0 Å². The summed E-state index contributed by atoms with van der Waals surface area (Å²) in [6.45, 7) is 2.10. The Morgan fingerprint density at radius 3 is 2.56 bits per heavy atom. The summed E-state index contributed by atoms with van der Waals surface area (Å²) in [6.07, 6.45) is 2.68. The van der Waals surface area contributed by atoms with Crippen molar-refractivity contribution < 1.29 is 18.7 Å². The van der Waals surface area contributed by atoms with Crippen molar-refractivity contribution in [2.24, 2.45) is 5.73 Å². The number of aromatic carboxylic acids is 1. The second-order valence-electron chi connectivity index (χ2n) is 6.79. The number of carboxylic acids is 1. The monoisotopic (exact) mass is 349 g/mol. The Hall–Kier alpha value is -2.48. The van der Waals surface area contributed by atoms with E-state index < -0.39 is 28.6 Å². The van der Waals surface area contributed by atoms with Crippen molar-refractivity contribution in [3.05, 3.63) is 39.7 Å². The number of rotatable bonds is 3. The fourth-order valence-electron chi connectivity index (χ4n) is 3.42. The molecule has 8 heteroatoms. The number of fused-ring (bicyclic) bond motifs is 1. The number of anilines is 1. The van der Waals surface area contributed by atoms with Crippen molar-refractivity contribution in [1.29, 1.82) is 0 Å². The van der Waals surface area contributed by atoms with Gasteiger partial charge in [-0.2, -0.15) is 0 Å². The molecule has 132 valence electrons. The van der Waals surface area contributed by atoms with E-state index in [4.69, 9.17) is 5.73 Å². The number of pyridine rings is 1. The number of hydrogen-bond acceptors (Lipinski definition) is 4. The molecule has 2 heterocycles. The molecule has 2 fully saturated rings. The molecule has 1 aromatic carbocycles. The number of carboxylic acid groups (broad SMARTS) is 1. The lowest BCUT2D eigenvalue weighted by molar-refractivity contribution is 0.0695. The molecular weight excluding hydrogens is 332 g/mol. The third kappa shape index (κ3) is 2.24. The average Bonchev–Trinajstić information content (AvgIpc) is 3.39. The van der Waals surface area contributed by atoms with Crippen molar-refractivity contribution in [1.82, 2.24) is 4.57 Å². The molecule has 6 nitrogen and oxygen atoms in total. The quantitative estimate of drug-likeness (QED) is 0.883. The highest BCUT2D eigenvalue weighted by Crippen LogP contribution is 2.40. The van der Waals surface area contributed by atoms with Crippen molar-refractivity contribution in [3.8, 4) is 0 Å². The maximum Gasteiger partial charge on any atom is 0.341 e. The summed E-state index contributed by atoms with van der Waals surface area (Å²) >= 11 is 0. The van der Waals surface area contributed by atoms with Crippen LogP contribution < -0.4 is 16.1 Å². The lowest BCUT2D eigenvalue weighted by Crippen LogP contribution is -2.63. The predicted molar refractivity (Wildman–Crippen MR) is 88.1 cm³/mol. The summed E-state index contributed by atoms with van der Waals surface area (Å²) < 4.78 is 31.3. The number of nitrogens with two attached hydrogens (primary N) is 1. The van der Waals surface area contributed by atoms with E-state index in [1.165, 1.54) is 15.7 Å². The van der Waals surface area contributed by atoms with Gasteiger partial charge < -0.3 is 20.3 Å². The topological polar surface area (TPSA) is 88.6 Å². The van der Waals surface area contributed by atoms with Gasteiger partial charge in [0.05, 0.1) is 10.9 Å². The minimum absolute atomic E-state index is 0.0402. The van der Waals surface area contributed by atoms with E-state index in [1.54, 1.807) is 6.92 Å². The summed E-state index contributed by atoms with van der Waals surface area (Å²) in [7, 11) is 0. The standard InChI is InChI=1S/C17H17F2N3O3/c1-7-12(20)6-21(7)15-11(18)4-9-14(13(15)19)22(8-2-3-8)5-10(16(9)23)17(24)25/h4-5,7-8,12H,2-3,6,20H2,1H3,(H,24,25)/t7-,12-/m0/s1. The Kier molecular flexibility index (Phi) is 3.37. The molecule has 1 aromatic heterocycles. The molecular formula is C17H17F2N3O3. The SMILES string of the molecule is C[C@H]1[C@@H](N)CN1c1c(F)cc2c(=O)c(C(=O)O)cn(C3CC3)c2c1F. The Balaban J connectivity index is 2.03. The molecule has 0 unspecified atom stereocenters. The zero-order valence-corrected chi connectivity index (χ0v) is 13.5. The Bertz CT molecular complexity index is 968. The maximum atomic E-state index is 15.2. The van der Waals surface area contributed by atoms with Crippen LogP contribution in [-0.4, -0.2) is 34.3 Å². The molecule has 2 aromatic rings. The fourth-order valence-corrected chi connectivity index (χ4v) is 3.42. The van der Waals surface area contributed by atoms with Crippen LogP contribution in [0.5, 0.6) is 0 Å². The number of benzene rings is 1. The Morgan fingerprint density at radius 1 is 1.36 bits per heavy atom. The van der Waals surface area contributed by atoms with Crippen LogP contribution in [-0.2, 0) is 0 Å². The number of halogens is 2. The van der Waals surface area contributed by atoms with E-state index in [1.807, 2.05) is 0 Å². The Labute approximate surface area is 141 Å². The van der Waals surface area contributed by atoms with Gasteiger partial charge in [-0.1, -0.05) is 0 Å². The molecule has 0 spiro atoms. The first-order valence-electron chi connectivity index (χ1n) is 8.13. The van der Waals surface area contributed by atoms with Crippen LogP contribution in [0.3, 0.4) is 0 Å². The van der Waals surface area contributed by atoms with Crippen molar-refractivity contribution in [2.75, 3.05) is 11.4 Å². The highest BCUT2D eigenvalue weighted by molar-refractivity contribution is 5.94. The molecule has 1 saturated heterocycles. The zero-order chi connectivity index (χ0) is 18.0. The highest BCUT2D eigenvalue weighted by atomic mass is 19.1. The largest absolute Gasteiger partial charge is 0.477 e. The van der Waals surface area contributed by atoms with Crippen LogP contribution in [0, 0.1) is 11.6 Å². The number of aromatic nitrogens is 1. The number of hydrogen-bond donors (Lipinski definition) is 2. The molecule has 1 aliphatic carbocycles. The Morgan fingerprint density at radius 2 is 2.04 bits per heavy atom. The molecule has 4 rings (SSSR count). The molecule has 1 saturated carbocycles. The van der Waals surface area contributed by atoms with E-state index in [2.05, 4.69) is 0 Å². The minimum atomic E-state index is -1.41. The normalized spacial score (nSPS) is 23.0. The smallest absolute Gasteiger partial charge is 0.341 e. The molecule has 0 bridgehead atoms. The fraction of sp³-hybridized carbons (Fsp3) is 0.412. The van der Waals surface area contributed by atoms with Crippen LogP contribution in [0.15, 0.2) is 17.1 Å². The van der Waals surface area contributed by atoms with Crippen LogP contribution in [0.1, 0.15) is 36.2 Å².